The molecule has 0 amide bonds. The van der Waals surface area contributed by atoms with Crippen LogP contribution in [-0.4, -0.2) is 16.5 Å². The van der Waals surface area contributed by atoms with E-state index in [0.717, 1.165) is 24.2 Å². The number of hydrogen-bond donors (Lipinski definition) is 1. The standard InChI is InChI=1S/C13H13BrFN3/c1-2-5-17-13-12(16-6-7-18-13)10-4-3-9(15)8-11(10)14/h3-4,6-8H,2,5H2,1H3,(H,17,18). The van der Waals surface area contributed by atoms with Gasteiger partial charge in [-0.15, -0.1) is 0 Å². The van der Waals surface area contributed by atoms with Crippen LogP contribution in [-0.2, 0) is 0 Å². The van der Waals surface area contributed by atoms with Crippen LogP contribution in [0, 0.1) is 5.82 Å². The summed E-state index contributed by atoms with van der Waals surface area (Å²) in [7, 11) is 0. The largest absolute Gasteiger partial charge is 0.368 e. The van der Waals surface area contributed by atoms with Crippen molar-refractivity contribution < 1.29 is 4.39 Å². The lowest BCUT2D eigenvalue weighted by atomic mass is 10.1. The first-order valence-corrected chi connectivity index (χ1v) is 6.52. The molecule has 0 radical (unpaired) electrons. The van der Waals surface area contributed by atoms with Crippen molar-refractivity contribution in [2.45, 2.75) is 13.3 Å². The van der Waals surface area contributed by atoms with Gasteiger partial charge in [-0.1, -0.05) is 6.92 Å². The Hall–Kier alpha value is -1.49. The molecule has 2 rings (SSSR count). The second-order valence-electron chi connectivity index (χ2n) is 3.80. The number of anilines is 1. The Kier molecular flexibility index (Phi) is 4.25. The molecule has 18 heavy (non-hydrogen) atoms. The summed E-state index contributed by atoms with van der Waals surface area (Å²) >= 11 is 3.35. The zero-order chi connectivity index (χ0) is 13.0. The minimum atomic E-state index is -0.280. The SMILES string of the molecule is CCCNc1nccnc1-c1ccc(F)cc1Br. The molecule has 1 aromatic carbocycles. The van der Waals surface area contributed by atoms with Gasteiger partial charge in [0, 0.05) is 29.0 Å². The van der Waals surface area contributed by atoms with Gasteiger partial charge in [0.2, 0.25) is 0 Å². The van der Waals surface area contributed by atoms with Crippen molar-refractivity contribution in [3.8, 4) is 11.3 Å². The highest BCUT2D eigenvalue weighted by Crippen LogP contribution is 2.31. The van der Waals surface area contributed by atoms with E-state index in [1.165, 1.54) is 12.1 Å². The molecule has 0 fully saturated rings. The Morgan fingerprint density at radius 1 is 1.28 bits per heavy atom. The van der Waals surface area contributed by atoms with Gasteiger partial charge in [0.15, 0.2) is 5.82 Å². The summed E-state index contributed by atoms with van der Waals surface area (Å²) in [4.78, 5) is 8.58. The maximum Gasteiger partial charge on any atom is 0.152 e. The molecule has 0 saturated carbocycles. The molecule has 0 atom stereocenters. The van der Waals surface area contributed by atoms with Crippen LogP contribution in [0.25, 0.3) is 11.3 Å². The fourth-order valence-electron chi connectivity index (χ4n) is 1.59. The second-order valence-corrected chi connectivity index (χ2v) is 4.66. The zero-order valence-corrected chi connectivity index (χ0v) is 11.5. The summed E-state index contributed by atoms with van der Waals surface area (Å²) in [5.41, 5.74) is 1.54. The van der Waals surface area contributed by atoms with Crippen molar-refractivity contribution in [3.05, 3.63) is 40.9 Å². The Bertz CT molecular complexity index is 546. The third kappa shape index (κ3) is 2.85. The van der Waals surface area contributed by atoms with Crippen molar-refractivity contribution in [2.24, 2.45) is 0 Å². The van der Waals surface area contributed by atoms with Crippen LogP contribution in [0.4, 0.5) is 10.2 Å². The molecule has 1 N–H and O–H groups in total. The minimum absolute atomic E-state index is 0.280. The average molecular weight is 310 g/mol. The second kappa shape index (κ2) is 5.91. The third-order valence-corrected chi connectivity index (χ3v) is 3.08. The highest BCUT2D eigenvalue weighted by Gasteiger charge is 2.11. The maximum atomic E-state index is 13.1. The Labute approximate surface area is 114 Å². The van der Waals surface area contributed by atoms with Crippen molar-refractivity contribution >= 4 is 21.7 Å². The summed E-state index contributed by atoms with van der Waals surface area (Å²) in [6, 6.07) is 4.53. The summed E-state index contributed by atoms with van der Waals surface area (Å²) in [6.45, 7) is 2.90. The van der Waals surface area contributed by atoms with Crippen LogP contribution in [0.2, 0.25) is 0 Å². The van der Waals surface area contributed by atoms with Gasteiger partial charge in [-0.3, -0.25) is 4.98 Å². The molecule has 0 aliphatic carbocycles. The van der Waals surface area contributed by atoms with Gasteiger partial charge in [0.1, 0.15) is 11.5 Å². The Morgan fingerprint density at radius 3 is 2.78 bits per heavy atom. The monoisotopic (exact) mass is 309 g/mol. The number of nitrogens with one attached hydrogen (secondary N) is 1. The van der Waals surface area contributed by atoms with Crippen molar-refractivity contribution in [2.75, 3.05) is 11.9 Å². The smallest absolute Gasteiger partial charge is 0.152 e. The lowest BCUT2D eigenvalue weighted by molar-refractivity contribution is 0.627. The Morgan fingerprint density at radius 2 is 2.06 bits per heavy atom. The summed E-state index contributed by atoms with van der Waals surface area (Å²) < 4.78 is 13.8. The van der Waals surface area contributed by atoms with Crippen molar-refractivity contribution in [1.82, 2.24) is 9.97 Å². The lowest BCUT2D eigenvalue weighted by Gasteiger charge is -2.10. The number of rotatable bonds is 4. The first kappa shape index (κ1) is 13.0. The topological polar surface area (TPSA) is 37.8 Å². The fourth-order valence-corrected chi connectivity index (χ4v) is 2.13. The van der Waals surface area contributed by atoms with E-state index in [4.69, 9.17) is 0 Å². The van der Waals surface area contributed by atoms with Gasteiger partial charge in [0.25, 0.3) is 0 Å². The molecule has 0 aliphatic heterocycles. The van der Waals surface area contributed by atoms with Crippen LogP contribution in [0.15, 0.2) is 35.1 Å². The molecular formula is C13H13BrFN3. The van der Waals surface area contributed by atoms with Crippen LogP contribution in [0.3, 0.4) is 0 Å². The normalized spacial score (nSPS) is 10.4. The minimum Gasteiger partial charge on any atom is -0.368 e. The van der Waals surface area contributed by atoms with Crippen molar-refractivity contribution in [1.29, 1.82) is 0 Å². The van der Waals surface area contributed by atoms with E-state index in [1.807, 2.05) is 0 Å². The molecule has 0 spiro atoms. The number of nitrogens with zero attached hydrogens (tertiary/aromatic N) is 2. The molecule has 2 aromatic rings. The molecular weight excluding hydrogens is 297 g/mol. The van der Waals surface area contributed by atoms with Crippen LogP contribution in [0.5, 0.6) is 0 Å². The third-order valence-electron chi connectivity index (χ3n) is 2.43. The Balaban J connectivity index is 2.43. The van der Waals surface area contributed by atoms with E-state index in [9.17, 15) is 4.39 Å². The van der Waals surface area contributed by atoms with Crippen LogP contribution >= 0.6 is 15.9 Å². The van der Waals surface area contributed by atoms with Gasteiger partial charge in [-0.05, 0) is 40.5 Å². The van der Waals surface area contributed by atoms with E-state index >= 15 is 0 Å². The highest BCUT2D eigenvalue weighted by molar-refractivity contribution is 9.10. The van der Waals surface area contributed by atoms with Gasteiger partial charge in [0.05, 0.1) is 0 Å². The van der Waals surface area contributed by atoms with Gasteiger partial charge in [-0.2, -0.15) is 0 Å². The molecule has 1 heterocycles. The predicted molar refractivity (Wildman–Crippen MR) is 73.9 cm³/mol. The van der Waals surface area contributed by atoms with Crippen molar-refractivity contribution in [3.63, 3.8) is 0 Å². The summed E-state index contributed by atoms with van der Waals surface area (Å²) in [6.07, 6.45) is 4.27. The van der Waals surface area contributed by atoms with E-state index in [0.29, 0.717) is 10.3 Å². The van der Waals surface area contributed by atoms with Gasteiger partial charge in [-0.25, -0.2) is 9.37 Å². The predicted octanol–water partition coefficient (Wildman–Crippen LogP) is 3.87. The summed E-state index contributed by atoms with van der Waals surface area (Å²) in [5.74, 6) is 0.434. The average Bonchev–Trinajstić information content (AvgIpc) is 2.37. The molecule has 0 saturated heterocycles. The van der Waals surface area contributed by atoms with Gasteiger partial charge < -0.3 is 5.32 Å². The number of halogens is 2. The van der Waals surface area contributed by atoms with E-state index in [-0.39, 0.29) is 5.82 Å². The fraction of sp³-hybridized carbons (Fsp3) is 0.231. The molecule has 0 bridgehead atoms. The number of benzene rings is 1. The maximum absolute atomic E-state index is 13.1. The molecule has 94 valence electrons. The summed E-state index contributed by atoms with van der Waals surface area (Å²) in [5, 5.41) is 3.22. The molecule has 3 nitrogen and oxygen atoms in total. The lowest BCUT2D eigenvalue weighted by Crippen LogP contribution is -2.04. The first-order valence-electron chi connectivity index (χ1n) is 5.72. The number of hydrogen-bond acceptors (Lipinski definition) is 3. The van der Waals surface area contributed by atoms with Gasteiger partial charge >= 0.3 is 0 Å². The molecule has 0 aliphatic rings. The first-order chi connectivity index (χ1) is 8.72. The molecule has 1 aromatic heterocycles. The van der Waals surface area contributed by atoms with E-state index in [1.54, 1.807) is 18.5 Å². The quantitative estimate of drug-likeness (QED) is 0.931. The molecule has 5 heteroatoms. The van der Waals surface area contributed by atoms with E-state index in [2.05, 4.69) is 38.1 Å². The highest BCUT2D eigenvalue weighted by atomic mass is 79.9. The van der Waals surface area contributed by atoms with Crippen LogP contribution < -0.4 is 5.32 Å². The number of aromatic nitrogens is 2. The zero-order valence-electron chi connectivity index (χ0n) is 9.95. The van der Waals surface area contributed by atoms with E-state index < -0.39 is 0 Å². The van der Waals surface area contributed by atoms with Crippen LogP contribution in [0.1, 0.15) is 13.3 Å². The molecule has 0 unspecified atom stereocenters.